The Bertz CT molecular complexity index is 283. The van der Waals surface area contributed by atoms with Crippen molar-refractivity contribution in [1.82, 2.24) is 4.98 Å². The molecule has 1 aliphatic rings. The molecule has 1 heterocycles. The SMILES string of the molecule is Nc1nccc2c1C(N)CC2. The Morgan fingerprint density at radius 3 is 3.09 bits per heavy atom. The van der Waals surface area contributed by atoms with E-state index < -0.39 is 0 Å². The van der Waals surface area contributed by atoms with E-state index in [0.29, 0.717) is 5.82 Å². The molecular formula is C8H11N3. The maximum absolute atomic E-state index is 5.83. The zero-order valence-electron chi connectivity index (χ0n) is 6.25. The number of rotatable bonds is 0. The Balaban J connectivity index is 2.58. The summed E-state index contributed by atoms with van der Waals surface area (Å²) < 4.78 is 0. The van der Waals surface area contributed by atoms with Crippen molar-refractivity contribution < 1.29 is 0 Å². The van der Waals surface area contributed by atoms with Gasteiger partial charge in [-0.15, -0.1) is 0 Å². The van der Waals surface area contributed by atoms with Crippen LogP contribution in [0.2, 0.25) is 0 Å². The second-order valence-corrected chi connectivity index (χ2v) is 2.91. The summed E-state index contributed by atoms with van der Waals surface area (Å²) in [4.78, 5) is 4.00. The highest BCUT2D eigenvalue weighted by atomic mass is 14.8. The molecule has 0 aromatic carbocycles. The van der Waals surface area contributed by atoms with Crippen molar-refractivity contribution >= 4 is 5.82 Å². The topological polar surface area (TPSA) is 64.9 Å². The number of hydrogen-bond acceptors (Lipinski definition) is 3. The summed E-state index contributed by atoms with van der Waals surface area (Å²) in [6.07, 6.45) is 3.79. The minimum atomic E-state index is 0.110. The molecule has 1 unspecified atom stereocenters. The lowest BCUT2D eigenvalue weighted by molar-refractivity contribution is 0.713. The van der Waals surface area contributed by atoms with E-state index in [-0.39, 0.29) is 6.04 Å². The van der Waals surface area contributed by atoms with Crippen molar-refractivity contribution in [3.63, 3.8) is 0 Å². The molecule has 0 saturated carbocycles. The number of nitrogens with zero attached hydrogens (tertiary/aromatic N) is 1. The molecule has 0 aliphatic heterocycles. The number of aryl methyl sites for hydroxylation is 1. The summed E-state index contributed by atoms with van der Waals surface area (Å²) in [6, 6.07) is 2.11. The summed E-state index contributed by atoms with van der Waals surface area (Å²) in [5, 5.41) is 0. The van der Waals surface area contributed by atoms with Gasteiger partial charge in [0.05, 0.1) is 0 Å². The molecular weight excluding hydrogens is 138 g/mol. The van der Waals surface area contributed by atoms with E-state index in [1.807, 2.05) is 6.07 Å². The van der Waals surface area contributed by atoms with Gasteiger partial charge in [-0.3, -0.25) is 0 Å². The lowest BCUT2D eigenvalue weighted by atomic mass is 10.1. The smallest absolute Gasteiger partial charge is 0.128 e. The van der Waals surface area contributed by atoms with E-state index in [1.165, 1.54) is 5.56 Å². The molecule has 0 amide bonds. The summed E-state index contributed by atoms with van der Waals surface area (Å²) in [7, 11) is 0. The first-order valence-corrected chi connectivity index (χ1v) is 3.78. The zero-order valence-corrected chi connectivity index (χ0v) is 6.25. The van der Waals surface area contributed by atoms with E-state index in [9.17, 15) is 0 Å². The van der Waals surface area contributed by atoms with Crippen LogP contribution in [0.5, 0.6) is 0 Å². The Labute approximate surface area is 65.4 Å². The van der Waals surface area contributed by atoms with Crippen LogP contribution in [-0.2, 0) is 6.42 Å². The van der Waals surface area contributed by atoms with Crippen molar-refractivity contribution in [2.45, 2.75) is 18.9 Å². The third kappa shape index (κ3) is 0.886. The number of fused-ring (bicyclic) bond motifs is 1. The number of nitrogens with two attached hydrogens (primary N) is 2. The van der Waals surface area contributed by atoms with Crippen molar-refractivity contribution in [3.05, 3.63) is 23.4 Å². The average molecular weight is 149 g/mol. The zero-order chi connectivity index (χ0) is 7.84. The Morgan fingerprint density at radius 2 is 2.36 bits per heavy atom. The lowest BCUT2D eigenvalue weighted by Gasteiger charge is -2.05. The average Bonchev–Trinajstić information content (AvgIpc) is 2.34. The van der Waals surface area contributed by atoms with E-state index in [1.54, 1.807) is 6.20 Å². The molecule has 1 atom stereocenters. The van der Waals surface area contributed by atoms with Crippen molar-refractivity contribution in [2.75, 3.05) is 5.73 Å². The molecule has 4 N–H and O–H groups in total. The molecule has 2 rings (SSSR count). The first-order valence-electron chi connectivity index (χ1n) is 3.78. The maximum Gasteiger partial charge on any atom is 0.128 e. The van der Waals surface area contributed by atoms with Crippen LogP contribution in [0.4, 0.5) is 5.82 Å². The third-order valence-corrected chi connectivity index (χ3v) is 2.21. The van der Waals surface area contributed by atoms with Crippen molar-refractivity contribution in [1.29, 1.82) is 0 Å². The quantitative estimate of drug-likeness (QED) is 0.568. The van der Waals surface area contributed by atoms with Crippen LogP contribution in [0.3, 0.4) is 0 Å². The van der Waals surface area contributed by atoms with Crippen LogP contribution in [0.1, 0.15) is 23.6 Å². The maximum atomic E-state index is 5.83. The Kier molecular flexibility index (Phi) is 1.32. The molecule has 1 aromatic rings. The van der Waals surface area contributed by atoms with Crippen LogP contribution < -0.4 is 11.5 Å². The van der Waals surface area contributed by atoms with Gasteiger partial charge in [-0.05, 0) is 24.5 Å². The molecule has 0 radical (unpaired) electrons. The number of anilines is 1. The number of pyridine rings is 1. The second-order valence-electron chi connectivity index (χ2n) is 2.91. The van der Waals surface area contributed by atoms with Gasteiger partial charge < -0.3 is 11.5 Å². The van der Waals surface area contributed by atoms with E-state index in [2.05, 4.69) is 4.98 Å². The molecule has 1 aliphatic carbocycles. The van der Waals surface area contributed by atoms with Gasteiger partial charge in [-0.1, -0.05) is 0 Å². The molecule has 0 bridgehead atoms. The van der Waals surface area contributed by atoms with E-state index in [4.69, 9.17) is 11.5 Å². The fraction of sp³-hybridized carbons (Fsp3) is 0.375. The van der Waals surface area contributed by atoms with Crippen LogP contribution >= 0.6 is 0 Å². The molecule has 58 valence electrons. The van der Waals surface area contributed by atoms with E-state index in [0.717, 1.165) is 18.4 Å². The largest absolute Gasteiger partial charge is 0.383 e. The van der Waals surface area contributed by atoms with Crippen LogP contribution in [0, 0.1) is 0 Å². The molecule has 0 fully saturated rings. The number of hydrogen-bond donors (Lipinski definition) is 2. The highest BCUT2D eigenvalue weighted by molar-refractivity contribution is 5.48. The molecule has 0 saturated heterocycles. The molecule has 3 nitrogen and oxygen atoms in total. The lowest BCUT2D eigenvalue weighted by Crippen LogP contribution is -2.08. The van der Waals surface area contributed by atoms with Crippen molar-refractivity contribution in [3.8, 4) is 0 Å². The predicted octanol–water partition coefficient (Wildman–Crippen LogP) is 0.610. The van der Waals surface area contributed by atoms with Gasteiger partial charge in [0.15, 0.2) is 0 Å². The van der Waals surface area contributed by atoms with E-state index >= 15 is 0 Å². The fourth-order valence-corrected chi connectivity index (χ4v) is 1.63. The van der Waals surface area contributed by atoms with Gasteiger partial charge >= 0.3 is 0 Å². The third-order valence-electron chi connectivity index (χ3n) is 2.21. The summed E-state index contributed by atoms with van der Waals surface area (Å²) in [6.45, 7) is 0. The first kappa shape index (κ1) is 6.61. The Morgan fingerprint density at radius 1 is 1.55 bits per heavy atom. The van der Waals surface area contributed by atoms with Gasteiger partial charge in [0.2, 0.25) is 0 Å². The minimum absolute atomic E-state index is 0.110. The van der Waals surface area contributed by atoms with Crippen LogP contribution in [0.25, 0.3) is 0 Å². The highest BCUT2D eigenvalue weighted by Gasteiger charge is 2.21. The fourth-order valence-electron chi connectivity index (χ4n) is 1.63. The van der Waals surface area contributed by atoms with Crippen LogP contribution in [0.15, 0.2) is 12.3 Å². The summed E-state index contributed by atoms with van der Waals surface area (Å²) in [5.74, 6) is 0.604. The molecule has 11 heavy (non-hydrogen) atoms. The number of nitrogen functional groups attached to an aromatic ring is 1. The van der Waals surface area contributed by atoms with Gasteiger partial charge in [0.1, 0.15) is 5.82 Å². The van der Waals surface area contributed by atoms with Crippen molar-refractivity contribution in [2.24, 2.45) is 5.73 Å². The highest BCUT2D eigenvalue weighted by Crippen LogP contribution is 2.31. The minimum Gasteiger partial charge on any atom is -0.383 e. The van der Waals surface area contributed by atoms with Gasteiger partial charge in [-0.2, -0.15) is 0 Å². The number of aromatic nitrogens is 1. The van der Waals surface area contributed by atoms with Gasteiger partial charge in [0.25, 0.3) is 0 Å². The monoisotopic (exact) mass is 149 g/mol. The normalized spacial score (nSPS) is 21.7. The van der Waals surface area contributed by atoms with Crippen LogP contribution in [-0.4, -0.2) is 4.98 Å². The molecule has 1 aromatic heterocycles. The molecule has 0 spiro atoms. The Hall–Kier alpha value is -1.09. The van der Waals surface area contributed by atoms with Gasteiger partial charge in [0, 0.05) is 17.8 Å². The molecule has 3 heteroatoms. The predicted molar refractivity (Wildman–Crippen MR) is 43.9 cm³/mol. The standard InChI is InChI=1S/C8H11N3/c9-6-2-1-5-3-4-11-8(10)7(5)6/h3-4,6H,1-2,9H2,(H2,10,11). The summed E-state index contributed by atoms with van der Waals surface area (Å²) >= 11 is 0. The second kappa shape index (κ2) is 2.20. The first-order chi connectivity index (χ1) is 5.29. The van der Waals surface area contributed by atoms with Gasteiger partial charge in [-0.25, -0.2) is 4.98 Å². The summed E-state index contributed by atoms with van der Waals surface area (Å²) in [5.41, 5.74) is 13.8.